The fourth-order valence-electron chi connectivity index (χ4n) is 4.90. The van der Waals surface area contributed by atoms with E-state index in [1.165, 1.54) is 58.1 Å². The third kappa shape index (κ3) is 4.48. The number of hydrogen-bond donors (Lipinski definition) is 2. The fourth-order valence-corrected chi connectivity index (χ4v) is 4.90. The molecule has 7 nitrogen and oxygen atoms in total. The number of nitrogens with one attached hydrogen (secondary N) is 1. The zero-order valence-corrected chi connectivity index (χ0v) is 18.0. The van der Waals surface area contributed by atoms with Gasteiger partial charge in [-0.15, -0.1) is 0 Å². The second kappa shape index (κ2) is 8.77. The molecule has 3 aromatic rings. The summed E-state index contributed by atoms with van der Waals surface area (Å²) in [5.74, 6) is 1.06. The highest BCUT2D eigenvalue weighted by atomic mass is 16.3. The summed E-state index contributed by atoms with van der Waals surface area (Å²) in [5.41, 5.74) is 2.79. The Morgan fingerprint density at radius 3 is 2.52 bits per heavy atom. The molecule has 1 aliphatic carbocycles. The van der Waals surface area contributed by atoms with Crippen molar-refractivity contribution in [3.63, 3.8) is 0 Å². The van der Waals surface area contributed by atoms with E-state index in [9.17, 15) is 5.11 Å². The summed E-state index contributed by atoms with van der Waals surface area (Å²) in [4.78, 5) is 18.2. The van der Waals surface area contributed by atoms with Crippen LogP contribution in [0.5, 0.6) is 5.75 Å². The summed E-state index contributed by atoms with van der Waals surface area (Å²) in [6, 6.07) is 8.99. The second-order valence-electron chi connectivity index (χ2n) is 8.88. The first-order chi connectivity index (χ1) is 15.2. The Morgan fingerprint density at radius 1 is 0.935 bits per heavy atom. The molecule has 162 valence electrons. The summed E-state index contributed by atoms with van der Waals surface area (Å²) in [6.45, 7) is 4.76. The van der Waals surface area contributed by atoms with Gasteiger partial charge in [0, 0.05) is 55.4 Å². The van der Waals surface area contributed by atoms with Gasteiger partial charge in [0.15, 0.2) is 0 Å². The Balaban J connectivity index is 1.30. The zero-order chi connectivity index (χ0) is 21.2. The first-order valence-corrected chi connectivity index (χ1v) is 11.2. The van der Waals surface area contributed by atoms with Crippen LogP contribution in [0.3, 0.4) is 0 Å². The first-order valence-electron chi connectivity index (χ1n) is 11.2. The maximum atomic E-state index is 9.78. The van der Waals surface area contributed by atoms with Crippen LogP contribution in [-0.2, 0) is 0 Å². The molecule has 7 heteroatoms. The molecular weight excluding hydrogens is 388 g/mol. The molecule has 0 unspecified atom stereocenters. The molecule has 0 amide bonds. The minimum absolute atomic E-state index is 0.164. The molecule has 0 spiro atoms. The van der Waals surface area contributed by atoms with Crippen molar-refractivity contribution in [1.82, 2.24) is 24.8 Å². The number of piperazine rings is 1. The number of pyridine rings is 1. The molecule has 3 heterocycles. The van der Waals surface area contributed by atoms with E-state index >= 15 is 0 Å². The van der Waals surface area contributed by atoms with Crippen LogP contribution in [-0.4, -0.2) is 75.2 Å². The molecule has 1 saturated heterocycles. The molecule has 1 aliphatic heterocycles. The summed E-state index contributed by atoms with van der Waals surface area (Å²) in [6.07, 6.45) is 9.65. The number of aromatic nitrogens is 3. The van der Waals surface area contributed by atoms with Crippen LogP contribution in [0, 0.1) is 0 Å². The highest BCUT2D eigenvalue weighted by Crippen LogP contribution is 2.31. The van der Waals surface area contributed by atoms with E-state index in [-0.39, 0.29) is 5.75 Å². The molecule has 5 rings (SSSR count). The van der Waals surface area contributed by atoms with Gasteiger partial charge in [0.25, 0.3) is 0 Å². The number of hydrogen-bond acceptors (Lipinski definition) is 7. The monoisotopic (exact) mass is 418 g/mol. The third-order valence-corrected chi connectivity index (χ3v) is 6.78. The summed E-state index contributed by atoms with van der Waals surface area (Å²) < 4.78 is 0. The van der Waals surface area contributed by atoms with E-state index in [0.717, 1.165) is 33.9 Å². The van der Waals surface area contributed by atoms with Crippen molar-refractivity contribution in [2.45, 2.75) is 37.8 Å². The van der Waals surface area contributed by atoms with Gasteiger partial charge in [-0.1, -0.05) is 6.07 Å². The Bertz CT molecular complexity index is 1040. The number of rotatable bonds is 4. The smallest absolute Gasteiger partial charge is 0.137 e. The minimum atomic E-state index is 0.164. The molecule has 2 fully saturated rings. The Morgan fingerprint density at radius 2 is 1.74 bits per heavy atom. The lowest BCUT2D eigenvalue weighted by Gasteiger charge is -2.41. The Labute approximate surface area is 183 Å². The molecule has 31 heavy (non-hydrogen) atoms. The fraction of sp³-hybridized carbons (Fsp3) is 0.458. The number of fused-ring (bicyclic) bond motifs is 1. The number of anilines is 1. The largest absolute Gasteiger partial charge is 0.506 e. The molecule has 2 aromatic heterocycles. The van der Waals surface area contributed by atoms with E-state index in [1.807, 2.05) is 12.1 Å². The van der Waals surface area contributed by atoms with Crippen LogP contribution >= 0.6 is 0 Å². The van der Waals surface area contributed by atoms with Crippen LogP contribution in [0.4, 0.5) is 5.82 Å². The summed E-state index contributed by atoms with van der Waals surface area (Å²) in [5, 5.41) is 14.5. The maximum Gasteiger partial charge on any atom is 0.137 e. The number of nitrogens with zero attached hydrogens (tertiary/aromatic N) is 5. The maximum absolute atomic E-state index is 9.78. The number of likely N-dealkylation sites (N-methyl/N-ethyl adjacent to an activating group) is 1. The Hall–Kier alpha value is -2.77. The molecule has 1 saturated carbocycles. The third-order valence-electron chi connectivity index (χ3n) is 6.78. The topological polar surface area (TPSA) is 77.4 Å². The summed E-state index contributed by atoms with van der Waals surface area (Å²) in [7, 11) is 2.21. The standard InChI is InChI=1S/C24H30N6O/c1-29-8-10-30(11-9-29)20-5-3-19(4-6-20)28-24-22-13-17(2-7-23(22)26-16-27-24)18-12-21(31)15-25-14-18/h2,7,12-16,19-20,31H,3-6,8-11H2,1H3,(H,26,27,28). The summed E-state index contributed by atoms with van der Waals surface area (Å²) >= 11 is 0. The van der Waals surface area contributed by atoms with Gasteiger partial charge >= 0.3 is 0 Å². The van der Waals surface area contributed by atoms with Crippen LogP contribution in [0.2, 0.25) is 0 Å². The van der Waals surface area contributed by atoms with E-state index in [4.69, 9.17) is 0 Å². The lowest BCUT2D eigenvalue weighted by molar-refractivity contribution is 0.0894. The van der Waals surface area contributed by atoms with Crippen LogP contribution in [0.15, 0.2) is 43.0 Å². The van der Waals surface area contributed by atoms with Gasteiger partial charge < -0.3 is 15.3 Å². The lowest BCUT2D eigenvalue weighted by Crippen LogP contribution is -2.50. The molecule has 2 aliphatic rings. The van der Waals surface area contributed by atoms with Crippen molar-refractivity contribution in [1.29, 1.82) is 0 Å². The van der Waals surface area contributed by atoms with Crippen LogP contribution in [0.1, 0.15) is 25.7 Å². The van der Waals surface area contributed by atoms with Gasteiger partial charge in [-0.25, -0.2) is 9.97 Å². The van der Waals surface area contributed by atoms with E-state index in [2.05, 4.69) is 43.2 Å². The van der Waals surface area contributed by atoms with Crippen LogP contribution < -0.4 is 5.32 Å². The average molecular weight is 419 g/mol. The van der Waals surface area contributed by atoms with Crippen molar-refractivity contribution in [3.05, 3.63) is 43.0 Å². The van der Waals surface area contributed by atoms with Gasteiger partial charge in [-0.3, -0.25) is 9.88 Å². The average Bonchev–Trinajstić information content (AvgIpc) is 2.80. The van der Waals surface area contributed by atoms with Gasteiger partial charge in [0.1, 0.15) is 17.9 Å². The highest BCUT2D eigenvalue weighted by molar-refractivity contribution is 5.92. The minimum Gasteiger partial charge on any atom is -0.506 e. The van der Waals surface area contributed by atoms with Crippen molar-refractivity contribution in [2.75, 3.05) is 38.5 Å². The van der Waals surface area contributed by atoms with Crippen molar-refractivity contribution >= 4 is 16.7 Å². The van der Waals surface area contributed by atoms with Gasteiger partial charge in [-0.05, 0) is 56.5 Å². The molecule has 1 aromatic carbocycles. The van der Waals surface area contributed by atoms with Crippen molar-refractivity contribution in [2.24, 2.45) is 0 Å². The Kier molecular flexibility index (Phi) is 5.70. The normalized spacial score (nSPS) is 23.1. The van der Waals surface area contributed by atoms with Crippen molar-refractivity contribution in [3.8, 4) is 16.9 Å². The first kappa shape index (κ1) is 20.2. The highest BCUT2D eigenvalue weighted by Gasteiger charge is 2.28. The predicted octanol–water partition coefficient (Wildman–Crippen LogP) is 3.37. The molecule has 0 atom stereocenters. The van der Waals surface area contributed by atoms with Crippen LogP contribution in [0.25, 0.3) is 22.0 Å². The van der Waals surface area contributed by atoms with Gasteiger partial charge in [0.05, 0.1) is 11.7 Å². The second-order valence-corrected chi connectivity index (χ2v) is 8.88. The van der Waals surface area contributed by atoms with Gasteiger partial charge in [-0.2, -0.15) is 0 Å². The van der Waals surface area contributed by atoms with E-state index < -0.39 is 0 Å². The van der Waals surface area contributed by atoms with Crippen molar-refractivity contribution < 1.29 is 5.11 Å². The molecule has 0 radical (unpaired) electrons. The van der Waals surface area contributed by atoms with Gasteiger partial charge in [0.2, 0.25) is 0 Å². The number of benzene rings is 1. The molecular formula is C24H30N6O. The van der Waals surface area contributed by atoms with E-state index in [0.29, 0.717) is 6.04 Å². The zero-order valence-electron chi connectivity index (χ0n) is 18.0. The lowest BCUT2D eigenvalue weighted by atomic mass is 9.89. The number of aromatic hydroxyl groups is 1. The van der Waals surface area contributed by atoms with E-state index in [1.54, 1.807) is 18.6 Å². The predicted molar refractivity (Wildman–Crippen MR) is 123 cm³/mol. The molecule has 2 N–H and O–H groups in total. The quantitative estimate of drug-likeness (QED) is 0.673. The SMILES string of the molecule is CN1CCN(C2CCC(Nc3ncnc4ccc(-c5cncc(O)c5)cc34)CC2)CC1. The molecule has 0 bridgehead atoms.